The molecule has 1 rings (SSSR count). The first kappa shape index (κ1) is 16.2. The highest BCUT2D eigenvalue weighted by molar-refractivity contribution is 6.35. The van der Waals surface area contributed by atoms with E-state index < -0.39 is 11.8 Å². The fourth-order valence-corrected chi connectivity index (χ4v) is 1.81. The summed E-state index contributed by atoms with van der Waals surface area (Å²) in [4.78, 5) is 25.4. The van der Waals surface area contributed by atoms with Crippen LogP contribution >= 0.6 is 0 Å². The van der Waals surface area contributed by atoms with E-state index >= 15 is 0 Å². The molecule has 0 radical (unpaired) electrons. The Labute approximate surface area is 120 Å². The van der Waals surface area contributed by atoms with Gasteiger partial charge in [0.2, 0.25) is 0 Å². The minimum Gasteiger partial charge on any atom is -0.347 e. The quantitative estimate of drug-likeness (QED) is 0.723. The molecule has 110 valence electrons. The van der Waals surface area contributed by atoms with E-state index in [1.807, 2.05) is 30.3 Å². The molecule has 0 heterocycles. The second-order valence-corrected chi connectivity index (χ2v) is 4.45. The summed E-state index contributed by atoms with van der Waals surface area (Å²) in [5.74, 6) is -1.17. The average Bonchev–Trinajstić information content (AvgIpc) is 2.50. The molecule has 0 aromatic heterocycles. The number of likely N-dealkylation sites (N-methyl/N-ethyl adjacent to an activating group) is 1. The molecule has 0 saturated carbocycles. The van der Waals surface area contributed by atoms with Crippen molar-refractivity contribution < 1.29 is 9.59 Å². The summed E-state index contributed by atoms with van der Waals surface area (Å²) in [5, 5.41) is 5.23. The van der Waals surface area contributed by atoms with Crippen LogP contribution in [0.3, 0.4) is 0 Å². The van der Waals surface area contributed by atoms with Crippen LogP contribution in [-0.2, 0) is 16.1 Å². The van der Waals surface area contributed by atoms with E-state index in [0.29, 0.717) is 13.1 Å². The molecule has 0 aliphatic carbocycles. The third-order valence-corrected chi connectivity index (χ3v) is 3.11. The summed E-state index contributed by atoms with van der Waals surface area (Å²) in [5.41, 5.74) is 0.969. The molecule has 0 aliphatic heterocycles. The van der Waals surface area contributed by atoms with Crippen molar-refractivity contribution in [2.45, 2.75) is 20.4 Å². The van der Waals surface area contributed by atoms with Gasteiger partial charge in [-0.15, -0.1) is 0 Å². The van der Waals surface area contributed by atoms with Crippen LogP contribution in [0.5, 0.6) is 0 Å². The van der Waals surface area contributed by atoms with Gasteiger partial charge in [-0.05, 0) is 18.7 Å². The highest BCUT2D eigenvalue weighted by atomic mass is 16.2. The van der Waals surface area contributed by atoms with Gasteiger partial charge in [0, 0.05) is 19.6 Å². The lowest BCUT2D eigenvalue weighted by Crippen LogP contribution is -2.42. The van der Waals surface area contributed by atoms with E-state index in [-0.39, 0.29) is 0 Å². The number of hydrogen-bond acceptors (Lipinski definition) is 3. The van der Waals surface area contributed by atoms with Crippen molar-refractivity contribution in [3.8, 4) is 0 Å². The average molecular weight is 277 g/mol. The summed E-state index contributed by atoms with van der Waals surface area (Å²) in [6, 6.07) is 9.50. The fourth-order valence-electron chi connectivity index (χ4n) is 1.81. The standard InChI is InChI=1S/C15H23N3O2/c1-3-18(4-2)11-10-16-14(19)15(20)17-12-13-8-6-5-7-9-13/h5-9H,3-4,10-12H2,1-2H3,(H,16,19)(H,17,20). The summed E-state index contributed by atoms with van der Waals surface area (Å²) >= 11 is 0. The molecule has 0 aliphatic rings. The molecule has 5 heteroatoms. The number of carbonyl (C=O) groups excluding carboxylic acids is 2. The highest BCUT2D eigenvalue weighted by Crippen LogP contribution is 1.96. The second kappa shape index (κ2) is 9.09. The summed E-state index contributed by atoms with van der Waals surface area (Å²) in [7, 11) is 0. The van der Waals surface area contributed by atoms with Gasteiger partial charge in [0.25, 0.3) is 0 Å². The van der Waals surface area contributed by atoms with Crippen molar-refractivity contribution in [3.05, 3.63) is 35.9 Å². The third-order valence-electron chi connectivity index (χ3n) is 3.11. The van der Waals surface area contributed by atoms with E-state index in [4.69, 9.17) is 0 Å². The molecule has 0 bridgehead atoms. The zero-order valence-electron chi connectivity index (χ0n) is 12.2. The lowest BCUT2D eigenvalue weighted by atomic mass is 10.2. The molecule has 0 unspecified atom stereocenters. The van der Waals surface area contributed by atoms with Crippen molar-refractivity contribution in [3.63, 3.8) is 0 Å². The van der Waals surface area contributed by atoms with E-state index in [1.165, 1.54) is 0 Å². The molecule has 0 spiro atoms. The Morgan fingerprint density at radius 2 is 1.60 bits per heavy atom. The number of rotatable bonds is 7. The van der Waals surface area contributed by atoms with Crippen LogP contribution in [0.2, 0.25) is 0 Å². The Morgan fingerprint density at radius 3 is 2.20 bits per heavy atom. The maximum Gasteiger partial charge on any atom is 0.309 e. The molecular weight excluding hydrogens is 254 g/mol. The maximum absolute atomic E-state index is 11.6. The van der Waals surface area contributed by atoms with Crippen molar-refractivity contribution in [1.29, 1.82) is 0 Å². The lowest BCUT2D eigenvalue weighted by molar-refractivity contribution is -0.139. The summed E-state index contributed by atoms with van der Waals surface area (Å²) < 4.78 is 0. The Balaban J connectivity index is 2.24. The van der Waals surface area contributed by atoms with Gasteiger partial charge in [0.1, 0.15) is 0 Å². The fraction of sp³-hybridized carbons (Fsp3) is 0.467. The molecule has 0 fully saturated rings. The number of benzene rings is 1. The van der Waals surface area contributed by atoms with E-state index in [0.717, 1.165) is 25.2 Å². The Bertz CT molecular complexity index is 416. The van der Waals surface area contributed by atoms with E-state index in [9.17, 15) is 9.59 Å². The summed E-state index contributed by atoms with van der Waals surface area (Å²) in [6.45, 7) is 7.61. The first-order valence-electron chi connectivity index (χ1n) is 6.99. The molecule has 0 atom stereocenters. The number of carbonyl (C=O) groups is 2. The second-order valence-electron chi connectivity index (χ2n) is 4.45. The highest BCUT2D eigenvalue weighted by Gasteiger charge is 2.12. The molecule has 20 heavy (non-hydrogen) atoms. The van der Waals surface area contributed by atoms with Gasteiger partial charge >= 0.3 is 11.8 Å². The monoisotopic (exact) mass is 277 g/mol. The lowest BCUT2D eigenvalue weighted by Gasteiger charge is -2.17. The zero-order valence-corrected chi connectivity index (χ0v) is 12.2. The van der Waals surface area contributed by atoms with Crippen LogP contribution in [-0.4, -0.2) is 42.9 Å². The Morgan fingerprint density at radius 1 is 1.00 bits per heavy atom. The Hall–Kier alpha value is -1.88. The first-order valence-corrected chi connectivity index (χ1v) is 6.99. The molecule has 1 aromatic carbocycles. The van der Waals surface area contributed by atoms with Crippen LogP contribution in [0.25, 0.3) is 0 Å². The first-order chi connectivity index (χ1) is 9.67. The van der Waals surface area contributed by atoms with Crippen LogP contribution in [0, 0.1) is 0 Å². The van der Waals surface area contributed by atoms with Gasteiger partial charge in [-0.2, -0.15) is 0 Å². The van der Waals surface area contributed by atoms with Crippen molar-refractivity contribution in [2.24, 2.45) is 0 Å². The third kappa shape index (κ3) is 5.84. The predicted octanol–water partition coefficient (Wildman–Crippen LogP) is 0.761. The minimum atomic E-state index is -0.589. The van der Waals surface area contributed by atoms with Gasteiger partial charge in [-0.1, -0.05) is 44.2 Å². The molecule has 0 saturated heterocycles. The molecular formula is C15H23N3O2. The molecule has 1 aromatic rings. The number of amides is 2. The van der Waals surface area contributed by atoms with Crippen LogP contribution in [0.4, 0.5) is 0 Å². The van der Waals surface area contributed by atoms with Gasteiger partial charge in [-0.25, -0.2) is 0 Å². The van der Waals surface area contributed by atoms with Crippen LogP contribution in [0.1, 0.15) is 19.4 Å². The van der Waals surface area contributed by atoms with E-state index in [1.54, 1.807) is 0 Å². The van der Waals surface area contributed by atoms with E-state index in [2.05, 4.69) is 29.4 Å². The largest absolute Gasteiger partial charge is 0.347 e. The van der Waals surface area contributed by atoms with Crippen molar-refractivity contribution >= 4 is 11.8 Å². The Kier molecular flexibility index (Phi) is 7.35. The number of nitrogens with zero attached hydrogens (tertiary/aromatic N) is 1. The maximum atomic E-state index is 11.6. The van der Waals surface area contributed by atoms with Gasteiger partial charge in [0.15, 0.2) is 0 Å². The number of nitrogens with one attached hydrogen (secondary N) is 2. The van der Waals surface area contributed by atoms with Gasteiger partial charge < -0.3 is 15.5 Å². The zero-order chi connectivity index (χ0) is 14.8. The minimum absolute atomic E-state index is 0.364. The topological polar surface area (TPSA) is 61.4 Å². The smallest absolute Gasteiger partial charge is 0.309 e. The molecule has 2 amide bonds. The van der Waals surface area contributed by atoms with Gasteiger partial charge in [-0.3, -0.25) is 9.59 Å². The van der Waals surface area contributed by atoms with Gasteiger partial charge in [0.05, 0.1) is 0 Å². The van der Waals surface area contributed by atoms with Crippen LogP contribution in [0.15, 0.2) is 30.3 Å². The predicted molar refractivity (Wildman–Crippen MR) is 79.1 cm³/mol. The molecule has 5 nitrogen and oxygen atoms in total. The summed E-state index contributed by atoms with van der Waals surface area (Å²) in [6.07, 6.45) is 0. The molecule has 2 N–H and O–H groups in total. The van der Waals surface area contributed by atoms with Crippen LogP contribution < -0.4 is 10.6 Å². The number of hydrogen-bond donors (Lipinski definition) is 2. The normalized spacial score (nSPS) is 10.3. The van der Waals surface area contributed by atoms with Crippen molar-refractivity contribution in [2.75, 3.05) is 26.2 Å². The SMILES string of the molecule is CCN(CC)CCNC(=O)C(=O)NCc1ccccc1. The van der Waals surface area contributed by atoms with Crippen molar-refractivity contribution in [1.82, 2.24) is 15.5 Å².